The van der Waals surface area contributed by atoms with Crippen LogP contribution in [-0.2, 0) is 5.75 Å². The van der Waals surface area contributed by atoms with Gasteiger partial charge in [-0.25, -0.2) is 4.79 Å². The van der Waals surface area contributed by atoms with E-state index < -0.39 is 0 Å². The van der Waals surface area contributed by atoms with E-state index in [9.17, 15) is 4.79 Å². The lowest BCUT2D eigenvalue weighted by atomic mass is 10.1. The van der Waals surface area contributed by atoms with Gasteiger partial charge in [0.1, 0.15) is 9.90 Å². The van der Waals surface area contributed by atoms with Crippen molar-refractivity contribution >= 4 is 55.2 Å². The molecule has 1 heterocycles. The van der Waals surface area contributed by atoms with Crippen LogP contribution in [0.3, 0.4) is 0 Å². The van der Waals surface area contributed by atoms with Gasteiger partial charge in [0.2, 0.25) is 0 Å². The zero-order chi connectivity index (χ0) is 15.4. The van der Waals surface area contributed by atoms with Crippen molar-refractivity contribution in [2.24, 2.45) is 0 Å². The molecular weight excluding hydrogens is 370 g/mol. The minimum Gasteiger partial charge on any atom is -0.423 e. The molecule has 0 N–H and O–H groups in total. The highest BCUT2D eigenvalue weighted by molar-refractivity contribution is 9.10. The maximum Gasteiger partial charge on any atom is 0.336 e. The topological polar surface area (TPSA) is 33.5 Å². The van der Waals surface area contributed by atoms with Crippen molar-refractivity contribution in [2.75, 3.05) is 13.1 Å². The van der Waals surface area contributed by atoms with Crippen molar-refractivity contribution in [1.29, 1.82) is 0 Å². The summed E-state index contributed by atoms with van der Waals surface area (Å²) in [5, 5.41) is 0.943. The van der Waals surface area contributed by atoms with Crippen LogP contribution in [0.25, 0.3) is 11.0 Å². The Bertz CT molecular complexity index is 710. The Balaban J connectivity index is 2.27. The fraction of sp³-hybridized carbons (Fsp3) is 0.333. The fourth-order valence-corrected chi connectivity index (χ4v) is 3.79. The fourth-order valence-electron chi connectivity index (χ4n) is 2.03. The summed E-state index contributed by atoms with van der Waals surface area (Å²) in [4.78, 5) is 13.8. The molecule has 3 nitrogen and oxygen atoms in total. The summed E-state index contributed by atoms with van der Waals surface area (Å²) in [5.41, 5.74) is 1.23. The number of nitrogens with zero attached hydrogens (tertiary/aromatic N) is 1. The van der Waals surface area contributed by atoms with Gasteiger partial charge in [0.25, 0.3) is 0 Å². The quantitative estimate of drug-likeness (QED) is 0.574. The highest BCUT2D eigenvalue weighted by Gasteiger charge is 2.10. The second-order valence-electron chi connectivity index (χ2n) is 4.46. The van der Waals surface area contributed by atoms with E-state index in [-0.39, 0.29) is 5.63 Å². The molecule has 0 radical (unpaired) electrons. The number of thioether (sulfide) groups is 1. The molecule has 112 valence electrons. The van der Waals surface area contributed by atoms with Crippen LogP contribution < -0.4 is 5.63 Å². The predicted octanol–water partition coefficient (Wildman–Crippen LogP) is 4.42. The first-order valence-electron chi connectivity index (χ1n) is 6.69. The predicted molar refractivity (Wildman–Crippen MR) is 97.0 cm³/mol. The Hall–Kier alpha value is -0.850. The first-order valence-corrected chi connectivity index (χ1v) is 8.87. The van der Waals surface area contributed by atoms with Crippen molar-refractivity contribution in [1.82, 2.24) is 4.90 Å². The Morgan fingerprint density at radius 3 is 2.71 bits per heavy atom. The molecule has 0 spiro atoms. The van der Waals surface area contributed by atoms with Gasteiger partial charge in [0.15, 0.2) is 0 Å². The third-order valence-electron chi connectivity index (χ3n) is 3.16. The maximum absolute atomic E-state index is 11.6. The van der Waals surface area contributed by atoms with Crippen LogP contribution in [0.2, 0.25) is 0 Å². The molecule has 6 heteroatoms. The smallest absolute Gasteiger partial charge is 0.336 e. The summed E-state index contributed by atoms with van der Waals surface area (Å²) in [7, 11) is 0. The van der Waals surface area contributed by atoms with Crippen LogP contribution >= 0.6 is 39.9 Å². The molecule has 0 amide bonds. The second-order valence-corrected chi connectivity index (χ2v) is 6.98. The van der Waals surface area contributed by atoms with Gasteiger partial charge in [0.05, 0.1) is 0 Å². The molecule has 0 aliphatic heterocycles. The zero-order valence-corrected chi connectivity index (χ0v) is 15.1. The summed E-state index contributed by atoms with van der Waals surface area (Å²) >= 11 is 10.5. The van der Waals surface area contributed by atoms with Gasteiger partial charge in [-0.1, -0.05) is 39.9 Å². The van der Waals surface area contributed by atoms with E-state index in [4.69, 9.17) is 16.6 Å². The molecule has 0 aliphatic carbocycles. The molecule has 0 aliphatic rings. The van der Waals surface area contributed by atoms with Crippen LogP contribution in [0.15, 0.2) is 37.9 Å². The van der Waals surface area contributed by atoms with E-state index in [2.05, 4.69) is 34.7 Å². The van der Waals surface area contributed by atoms with E-state index in [0.29, 0.717) is 11.3 Å². The first-order chi connectivity index (χ1) is 10.0. The SMILES string of the molecule is CCN(CC)C(=S)SCc1cc(=O)oc2ccc(Br)cc12. The summed E-state index contributed by atoms with van der Waals surface area (Å²) in [6, 6.07) is 7.18. The standard InChI is InChI=1S/C15H16BrNO2S2/c1-3-17(4-2)15(20)21-9-10-7-14(18)19-13-6-5-11(16)8-12(10)13/h5-8H,3-4,9H2,1-2H3. The Kier molecular flexibility index (Phi) is 5.84. The molecule has 2 aromatic rings. The van der Waals surface area contributed by atoms with Crippen molar-refractivity contribution < 1.29 is 4.42 Å². The molecule has 0 saturated carbocycles. The molecule has 21 heavy (non-hydrogen) atoms. The van der Waals surface area contributed by atoms with E-state index in [0.717, 1.165) is 32.8 Å². The van der Waals surface area contributed by atoms with Crippen molar-refractivity contribution in [3.8, 4) is 0 Å². The monoisotopic (exact) mass is 385 g/mol. The maximum atomic E-state index is 11.6. The molecular formula is C15H16BrNO2S2. The minimum absolute atomic E-state index is 0.325. The van der Waals surface area contributed by atoms with Crippen LogP contribution in [0.4, 0.5) is 0 Å². The lowest BCUT2D eigenvalue weighted by Crippen LogP contribution is -2.26. The van der Waals surface area contributed by atoms with E-state index in [1.165, 1.54) is 0 Å². The van der Waals surface area contributed by atoms with Crippen LogP contribution in [0, 0.1) is 0 Å². The Labute approximate surface area is 141 Å². The van der Waals surface area contributed by atoms with Crippen LogP contribution in [0.5, 0.6) is 0 Å². The summed E-state index contributed by atoms with van der Waals surface area (Å²) in [6.07, 6.45) is 0. The van der Waals surface area contributed by atoms with Gasteiger partial charge in [-0.05, 0) is 37.6 Å². The number of hydrogen-bond donors (Lipinski definition) is 0. The number of rotatable bonds is 4. The largest absolute Gasteiger partial charge is 0.423 e. The Morgan fingerprint density at radius 1 is 1.33 bits per heavy atom. The molecule has 1 aromatic carbocycles. The molecule has 0 saturated heterocycles. The third kappa shape index (κ3) is 4.08. The van der Waals surface area contributed by atoms with E-state index in [1.54, 1.807) is 23.9 Å². The second kappa shape index (κ2) is 7.42. The number of thiocarbonyl (C=S) groups is 1. The van der Waals surface area contributed by atoms with E-state index >= 15 is 0 Å². The Morgan fingerprint density at radius 2 is 2.05 bits per heavy atom. The molecule has 0 atom stereocenters. The van der Waals surface area contributed by atoms with Gasteiger partial charge in [-0.3, -0.25) is 0 Å². The molecule has 1 aromatic heterocycles. The summed E-state index contributed by atoms with van der Waals surface area (Å²) in [5.74, 6) is 0.661. The normalized spacial score (nSPS) is 10.8. The highest BCUT2D eigenvalue weighted by atomic mass is 79.9. The third-order valence-corrected chi connectivity index (χ3v) is 5.23. The zero-order valence-electron chi connectivity index (χ0n) is 11.9. The number of benzene rings is 1. The van der Waals surface area contributed by atoms with Crippen LogP contribution in [-0.4, -0.2) is 22.3 Å². The lowest BCUT2D eigenvalue weighted by molar-refractivity contribution is 0.482. The summed E-state index contributed by atoms with van der Waals surface area (Å²) < 4.78 is 7.04. The molecule has 2 rings (SSSR count). The number of fused-ring (bicyclic) bond motifs is 1. The average Bonchev–Trinajstić information content (AvgIpc) is 2.46. The van der Waals surface area contributed by atoms with Gasteiger partial charge < -0.3 is 9.32 Å². The van der Waals surface area contributed by atoms with Gasteiger partial charge >= 0.3 is 5.63 Å². The van der Waals surface area contributed by atoms with Gasteiger partial charge in [-0.15, -0.1) is 0 Å². The average molecular weight is 386 g/mol. The summed E-state index contributed by atoms with van der Waals surface area (Å²) in [6.45, 7) is 5.96. The van der Waals surface area contributed by atoms with Crippen molar-refractivity contribution in [3.05, 3.63) is 44.7 Å². The van der Waals surface area contributed by atoms with Crippen molar-refractivity contribution in [3.63, 3.8) is 0 Å². The molecule has 0 bridgehead atoms. The van der Waals surface area contributed by atoms with Crippen molar-refractivity contribution in [2.45, 2.75) is 19.6 Å². The lowest BCUT2D eigenvalue weighted by Gasteiger charge is -2.20. The van der Waals surface area contributed by atoms with E-state index in [1.807, 2.05) is 12.1 Å². The first kappa shape index (κ1) is 16.5. The minimum atomic E-state index is -0.325. The van der Waals surface area contributed by atoms with Crippen LogP contribution in [0.1, 0.15) is 19.4 Å². The molecule has 0 fully saturated rings. The number of halogens is 1. The molecule has 0 unspecified atom stereocenters. The highest BCUT2D eigenvalue weighted by Crippen LogP contribution is 2.25. The van der Waals surface area contributed by atoms with Gasteiger partial charge in [0, 0.05) is 34.8 Å². The number of hydrogen-bond acceptors (Lipinski definition) is 4. The van der Waals surface area contributed by atoms with Gasteiger partial charge in [-0.2, -0.15) is 0 Å².